The van der Waals surface area contributed by atoms with Crippen molar-refractivity contribution < 1.29 is 4.79 Å². The molecule has 0 bridgehead atoms. The van der Waals surface area contributed by atoms with E-state index in [1.807, 2.05) is 30.5 Å². The Bertz CT molecular complexity index is 956. The molecule has 2 aromatic carbocycles. The summed E-state index contributed by atoms with van der Waals surface area (Å²) in [6.45, 7) is 0. The van der Waals surface area contributed by atoms with Gasteiger partial charge < -0.3 is 10.3 Å². The van der Waals surface area contributed by atoms with E-state index in [0.29, 0.717) is 5.56 Å². The van der Waals surface area contributed by atoms with E-state index in [2.05, 4.69) is 25.8 Å². The number of hydrogen-bond donors (Lipinski definition) is 2. The van der Waals surface area contributed by atoms with Crippen LogP contribution in [-0.2, 0) is 0 Å². The lowest BCUT2D eigenvalue weighted by Gasteiger charge is -2.07. The van der Waals surface area contributed by atoms with Crippen molar-refractivity contribution >= 4 is 22.5 Å². The number of fused-ring (bicyclic) bond motifs is 1. The fourth-order valence-electron chi connectivity index (χ4n) is 2.43. The molecule has 4 aromatic rings. The summed E-state index contributed by atoms with van der Waals surface area (Å²) in [4.78, 5) is 15.5. The van der Waals surface area contributed by atoms with Gasteiger partial charge >= 0.3 is 0 Å². The molecule has 2 heterocycles. The van der Waals surface area contributed by atoms with Crippen LogP contribution in [0.2, 0.25) is 0 Å². The first-order valence-electron chi connectivity index (χ1n) is 7.02. The number of aromatic amines is 1. The molecule has 7 nitrogen and oxygen atoms in total. The molecule has 0 atom stereocenters. The van der Waals surface area contributed by atoms with Crippen molar-refractivity contribution in [3.8, 4) is 5.69 Å². The van der Waals surface area contributed by atoms with Gasteiger partial charge in [-0.1, -0.05) is 6.07 Å². The number of hydrogen-bond acceptors (Lipinski definition) is 4. The fraction of sp³-hybridized carbons (Fsp3) is 0. The molecule has 112 valence electrons. The van der Waals surface area contributed by atoms with Crippen molar-refractivity contribution in [2.45, 2.75) is 0 Å². The van der Waals surface area contributed by atoms with E-state index >= 15 is 0 Å². The van der Waals surface area contributed by atoms with Crippen LogP contribution in [-0.4, -0.2) is 31.1 Å². The highest BCUT2D eigenvalue weighted by molar-refractivity contribution is 6.08. The number of benzene rings is 2. The minimum atomic E-state index is -0.165. The number of rotatable bonds is 3. The smallest absolute Gasteiger partial charge is 0.255 e. The lowest BCUT2D eigenvalue weighted by molar-refractivity contribution is 0.102. The first-order chi connectivity index (χ1) is 11.3. The fourth-order valence-corrected chi connectivity index (χ4v) is 2.43. The summed E-state index contributed by atoms with van der Waals surface area (Å²) in [5, 5.41) is 14.9. The molecule has 0 aliphatic carbocycles. The predicted octanol–water partition coefficient (Wildman–Crippen LogP) is 2.40. The highest BCUT2D eigenvalue weighted by Gasteiger charge is 2.09. The number of anilines is 1. The summed E-state index contributed by atoms with van der Waals surface area (Å²) in [5.74, 6) is -0.165. The lowest BCUT2D eigenvalue weighted by Crippen LogP contribution is -2.12. The van der Waals surface area contributed by atoms with Crippen LogP contribution in [0.5, 0.6) is 0 Å². The zero-order valence-electron chi connectivity index (χ0n) is 12.0. The number of nitrogens with zero attached hydrogens (tertiary/aromatic N) is 4. The lowest BCUT2D eigenvalue weighted by atomic mass is 10.1. The van der Waals surface area contributed by atoms with Crippen molar-refractivity contribution in [1.29, 1.82) is 0 Å². The molecule has 0 saturated heterocycles. The van der Waals surface area contributed by atoms with Crippen LogP contribution in [0.25, 0.3) is 16.6 Å². The minimum absolute atomic E-state index is 0.165. The third kappa shape index (κ3) is 2.44. The molecule has 4 rings (SSSR count). The molecule has 0 saturated carbocycles. The van der Waals surface area contributed by atoms with Crippen molar-refractivity contribution in [2.24, 2.45) is 0 Å². The summed E-state index contributed by atoms with van der Waals surface area (Å²) < 4.78 is 1.53. The van der Waals surface area contributed by atoms with Crippen LogP contribution in [0.4, 0.5) is 5.69 Å². The largest absolute Gasteiger partial charge is 0.361 e. The van der Waals surface area contributed by atoms with Gasteiger partial charge in [0.15, 0.2) is 0 Å². The Labute approximate surface area is 130 Å². The molecule has 0 radical (unpaired) electrons. The zero-order valence-corrected chi connectivity index (χ0v) is 12.0. The number of carbonyl (C=O) groups excluding carboxylic acids is 1. The highest BCUT2D eigenvalue weighted by atomic mass is 16.1. The number of aromatic nitrogens is 5. The van der Waals surface area contributed by atoms with Crippen LogP contribution in [0.3, 0.4) is 0 Å². The summed E-state index contributed by atoms with van der Waals surface area (Å²) >= 11 is 0. The minimum Gasteiger partial charge on any atom is -0.361 e. The first-order valence-corrected chi connectivity index (χ1v) is 7.02. The molecule has 2 N–H and O–H groups in total. The summed E-state index contributed by atoms with van der Waals surface area (Å²) in [6.07, 6.45) is 3.35. The van der Waals surface area contributed by atoms with Crippen molar-refractivity contribution in [1.82, 2.24) is 25.2 Å². The van der Waals surface area contributed by atoms with Gasteiger partial charge in [0, 0.05) is 22.7 Å². The average Bonchev–Trinajstić information content (AvgIpc) is 3.27. The van der Waals surface area contributed by atoms with Crippen LogP contribution in [0.15, 0.2) is 61.1 Å². The molecule has 7 heteroatoms. The van der Waals surface area contributed by atoms with E-state index < -0.39 is 0 Å². The Kier molecular flexibility index (Phi) is 3.09. The van der Waals surface area contributed by atoms with Gasteiger partial charge in [0.05, 0.1) is 11.4 Å². The zero-order chi connectivity index (χ0) is 15.6. The molecule has 2 aromatic heterocycles. The van der Waals surface area contributed by atoms with Gasteiger partial charge in [-0.15, -0.1) is 5.10 Å². The number of carbonyl (C=O) groups is 1. The highest BCUT2D eigenvalue weighted by Crippen LogP contribution is 2.22. The number of nitrogens with one attached hydrogen (secondary N) is 2. The number of amides is 1. The second-order valence-electron chi connectivity index (χ2n) is 5.00. The quantitative estimate of drug-likeness (QED) is 0.608. The van der Waals surface area contributed by atoms with E-state index in [9.17, 15) is 4.79 Å². The van der Waals surface area contributed by atoms with Crippen LogP contribution in [0, 0.1) is 0 Å². The van der Waals surface area contributed by atoms with Gasteiger partial charge in [-0.2, -0.15) is 0 Å². The van der Waals surface area contributed by atoms with Gasteiger partial charge in [0.25, 0.3) is 5.91 Å². The maximum absolute atomic E-state index is 12.4. The van der Waals surface area contributed by atoms with E-state index in [1.165, 1.54) is 11.0 Å². The van der Waals surface area contributed by atoms with Gasteiger partial charge in [0.1, 0.15) is 6.33 Å². The summed E-state index contributed by atoms with van der Waals surface area (Å²) in [5.41, 5.74) is 3.11. The van der Waals surface area contributed by atoms with Crippen molar-refractivity contribution in [3.05, 3.63) is 66.6 Å². The van der Waals surface area contributed by atoms with E-state index in [1.54, 1.807) is 24.3 Å². The van der Waals surface area contributed by atoms with Crippen LogP contribution in [0.1, 0.15) is 10.4 Å². The number of tetrazole rings is 1. The maximum Gasteiger partial charge on any atom is 0.255 e. The van der Waals surface area contributed by atoms with Crippen LogP contribution < -0.4 is 5.32 Å². The second kappa shape index (κ2) is 5.38. The Balaban J connectivity index is 1.58. The Morgan fingerprint density at radius 1 is 1.09 bits per heavy atom. The molecule has 23 heavy (non-hydrogen) atoms. The van der Waals surface area contributed by atoms with Crippen molar-refractivity contribution in [3.63, 3.8) is 0 Å². The third-order valence-electron chi connectivity index (χ3n) is 3.59. The molecule has 0 aliphatic heterocycles. The normalized spacial score (nSPS) is 10.8. The standard InChI is InChI=1S/C16H12N6O/c23-16(19-15-3-1-2-14-13(15)8-9-17-14)11-4-6-12(7-5-11)22-10-18-20-21-22/h1-10,17H,(H,19,23). The molecule has 0 aliphatic rings. The molecular formula is C16H12N6O. The van der Waals surface area contributed by atoms with E-state index in [-0.39, 0.29) is 5.91 Å². The van der Waals surface area contributed by atoms with Gasteiger partial charge in [-0.25, -0.2) is 4.68 Å². The first kappa shape index (κ1) is 13.2. The molecule has 0 fully saturated rings. The Morgan fingerprint density at radius 2 is 1.96 bits per heavy atom. The summed E-state index contributed by atoms with van der Waals surface area (Å²) in [7, 11) is 0. The molecule has 0 unspecified atom stereocenters. The Hall–Kier alpha value is -3.48. The third-order valence-corrected chi connectivity index (χ3v) is 3.59. The topological polar surface area (TPSA) is 88.5 Å². The van der Waals surface area contributed by atoms with E-state index in [0.717, 1.165) is 22.3 Å². The molecule has 1 amide bonds. The van der Waals surface area contributed by atoms with E-state index in [4.69, 9.17) is 0 Å². The average molecular weight is 304 g/mol. The maximum atomic E-state index is 12.4. The molecular weight excluding hydrogens is 292 g/mol. The van der Waals surface area contributed by atoms with Gasteiger partial charge in [0.2, 0.25) is 0 Å². The van der Waals surface area contributed by atoms with Crippen LogP contribution >= 0.6 is 0 Å². The monoisotopic (exact) mass is 304 g/mol. The SMILES string of the molecule is O=C(Nc1cccc2[nH]ccc12)c1ccc(-n2cnnn2)cc1. The van der Waals surface area contributed by atoms with Gasteiger partial charge in [-0.05, 0) is 52.9 Å². The van der Waals surface area contributed by atoms with Gasteiger partial charge in [-0.3, -0.25) is 4.79 Å². The Morgan fingerprint density at radius 3 is 2.74 bits per heavy atom. The van der Waals surface area contributed by atoms with Crippen molar-refractivity contribution in [2.75, 3.05) is 5.32 Å². The number of H-pyrrole nitrogens is 1. The second-order valence-corrected chi connectivity index (χ2v) is 5.00. The molecule has 0 spiro atoms. The summed E-state index contributed by atoms with van der Waals surface area (Å²) in [6, 6.07) is 14.7. The predicted molar refractivity (Wildman–Crippen MR) is 85.4 cm³/mol.